The molecular weight excluding hydrogens is 312 g/mol. The van der Waals surface area contributed by atoms with Crippen molar-refractivity contribution in [3.8, 4) is 0 Å². The van der Waals surface area contributed by atoms with Crippen molar-refractivity contribution in [2.75, 3.05) is 26.0 Å². The molecule has 132 valence electrons. The maximum Gasteiger partial charge on any atom is 0.255 e. The highest BCUT2D eigenvalue weighted by molar-refractivity contribution is 6.04. The Balaban J connectivity index is 1.56. The van der Waals surface area contributed by atoms with Crippen LogP contribution in [0.15, 0.2) is 54.6 Å². The summed E-state index contributed by atoms with van der Waals surface area (Å²) in [6, 6.07) is 17.9. The molecule has 1 saturated heterocycles. The maximum atomic E-state index is 12.2. The van der Waals surface area contributed by atoms with Crippen molar-refractivity contribution >= 4 is 11.6 Å². The molecule has 0 aliphatic carbocycles. The molecule has 1 heterocycles. The van der Waals surface area contributed by atoms with Gasteiger partial charge in [-0.25, -0.2) is 0 Å². The Morgan fingerprint density at radius 2 is 1.84 bits per heavy atom. The Bertz CT molecular complexity index is 683. The molecule has 0 spiro atoms. The van der Waals surface area contributed by atoms with Gasteiger partial charge in [0, 0.05) is 23.9 Å². The summed E-state index contributed by atoms with van der Waals surface area (Å²) in [6.45, 7) is 0.832. The Labute approximate surface area is 149 Å². The molecule has 2 atom stereocenters. The van der Waals surface area contributed by atoms with Gasteiger partial charge in [0.15, 0.2) is 0 Å². The Hall–Kier alpha value is -2.17. The number of benzene rings is 2. The Morgan fingerprint density at radius 1 is 1.12 bits per heavy atom. The van der Waals surface area contributed by atoms with Crippen molar-refractivity contribution in [2.45, 2.75) is 31.4 Å². The molecule has 1 amide bonds. The van der Waals surface area contributed by atoms with Crippen LogP contribution >= 0.6 is 0 Å². The van der Waals surface area contributed by atoms with Crippen molar-refractivity contribution in [1.29, 1.82) is 0 Å². The minimum absolute atomic E-state index is 0.0854. The van der Waals surface area contributed by atoms with Crippen LogP contribution in [0, 0.1) is 0 Å². The summed E-state index contributed by atoms with van der Waals surface area (Å²) >= 11 is 0. The lowest BCUT2D eigenvalue weighted by atomic mass is 9.97. The van der Waals surface area contributed by atoms with Crippen LogP contribution in [0.1, 0.15) is 28.8 Å². The third-order valence-electron chi connectivity index (χ3n) is 4.78. The van der Waals surface area contributed by atoms with Crippen molar-refractivity contribution in [3.05, 3.63) is 65.7 Å². The summed E-state index contributed by atoms with van der Waals surface area (Å²) in [5, 5.41) is 2.93. The van der Waals surface area contributed by atoms with Gasteiger partial charge in [-0.2, -0.15) is 0 Å². The van der Waals surface area contributed by atoms with Gasteiger partial charge in [-0.1, -0.05) is 30.3 Å². The van der Waals surface area contributed by atoms with E-state index in [2.05, 4.69) is 36.4 Å². The van der Waals surface area contributed by atoms with Crippen molar-refractivity contribution < 1.29 is 9.53 Å². The Morgan fingerprint density at radius 3 is 2.52 bits per heavy atom. The molecule has 25 heavy (non-hydrogen) atoms. The van der Waals surface area contributed by atoms with E-state index in [9.17, 15) is 4.79 Å². The van der Waals surface area contributed by atoms with Crippen molar-refractivity contribution in [3.63, 3.8) is 0 Å². The van der Waals surface area contributed by atoms with E-state index in [0.717, 1.165) is 31.6 Å². The third-order valence-corrected chi connectivity index (χ3v) is 4.78. The number of rotatable bonds is 5. The average molecular weight is 338 g/mol. The number of nitrogens with one attached hydrogen (secondary N) is 1. The number of carbonyl (C=O) groups excluding carboxylic acids is 1. The second-order valence-corrected chi connectivity index (χ2v) is 6.86. The van der Waals surface area contributed by atoms with Gasteiger partial charge in [0.2, 0.25) is 0 Å². The quantitative estimate of drug-likeness (QED) is 0.906. The SMILES string of the molecule is CN(C)C1CCOC(Cc2ccc(NC(=O)c3ccccc3)cc2)C1. The first-order valence-corrected chi connectivity index (χ1v) is 8.85. The van der Waals surface area contributed by atoms with Gasteiger partial charge in [-0.05, 0) is 63.2 Å². The first kappa shape index (κ1) is 17.6. The first-order valence-electron chi connectivity index (χ1n) is 8.85. The fourth-order valence-corrected chi connectivity index (χ4v) is 3.25. The van der Waals surface area contributed by atoms with Gasteiger partial charge in [-0.3, -0.25) is 4.79 Å². The molecule has 4 nitrogen and oxygen atoms in total. The molecule has 2 aromatic carbocycles. The van der Waals surface area contributed by atoms with Gasteiger partial charge in [0.05, 0.1) is 6.10 Å². The van der Waals surface area contributed by atoms with E-state index in [1.54, 1.807) is 0 Å². The van der Waals surface area contributed by atoms with Crippen LogP contribution < -0.4 is 5.32 Å². The van der Waals surface area contributed by atoms with E-state index in [1.165, 1.54) is 5.56 Å². The molecule has 0 saturated carbocycles. The zero-order valence-electron chi connectivity index (χ0n) is 14.9. The topological polar surface area (TPSA) is 41.6 Å². The summed E-state index contributed by atoms with van der Waals surface area (Å²) in [6.07, 6.45) is 3.36. The van der Waals surface area contributed by atoms with E-state index < -0.39 is 0 Å². The number of hydrogen-bond donors (Lipinski definition) is 1. The molecule has 1 aliphatic rings. The van der Waals surface area contributed by atoms with Crippen LogP contribution in [-0.2, 0) is 11.2 Å². The molecule has 1 fully saturated rings. The number of ether oxygens (including phenoxy) is 1. The van der Waals surface area contributed by atoms with E-state index in [0.29, 0.717) is 11.6 Å². The second kappa shape index (κ2) is 8.28. The van der Waals surface area contributed by atoms with E-state index >= 15 is 0 Å². The van der Waals surface area contributed by atoms with Gasteiger partial charge in [0.25, 0.3) is 5.91 Å². The predicted octanol–water partition coefficient (Wildman–Crippen LogP) is 3.59. The van der Waals surface area contributed by atoms with Crippen LogP contribution in [0.4, 0.5) is 5.69 Å². The first-order chi connectivity index (χ1) is 12.1. The lowest BCUT2D eigenvalue weighted by Gasteiger charge is -2.33. The fraction of sp³-hybridized carbons (Fsp3) is 0.381. The fourth-order valence-electron chi connectivity index (χ4n) is 3.25. The zero-order valence-corrected chi connectivity index (χ0v) is 14.9. The summed E-state index contributed by atoms with van der Waals surface area (Å²) in [5.74, 6) is -0.0854. The zero-order chi connectivity index (χ0) is 17.6. The van der Waals surface area contributed by atoms with E-state index in [-0.39, 0.29) is 12.0 Å². The maximum absolute atomic E-state index is 12.2. The highest BCUT2D eigenvalue weighted by Gasteiger charge is 2.24. The standard InChI is InChI=1S/C21H26N2O2/c1-23(2)19-12-13-25-20(15-19)14-16-8-10-18(11-9-16)22-21(24)17-6-4-3-5-7-17/h3-11,19-20H,12-15H2,1-2H3,(H,22,24). The summed E-state index contributed by atoms with van der Waals surface area (Å²) in [7, 11) is 4.27. The van der Waals surface area contributed by atoms with Crippen molar-refractivity contribution in [1.82, 2.24) is 4.90 Å². The van der Waals surface area contributed by atoms with E-state index in [4.69, 9.17) is 4.74 Å². The number of nitrogens with zero attached hydrogens (tertiary/aromatic N) is 1. The van der Waals surface area contributed by atoms with Crippen LogP contribution in [0.3, 0.4) is 0 Å². The lowest BCUT2D eigenvalue weighted by Crippen LogP contribution is -2.39. The second-order valence-electron chi connectivity index (χ2n) is 6.86. The van der Waals surface area contributed by atoms with Crippen LogP contribution in [0.5, 0.6) is 0 Å². The molecule has 1 aliphatic heterocycles. The normalized spacial score (nSPS) is 20.4. The summed E-state index contributed by atoms with van der Waals surface area (Å²) < 4.78 is 5.92. The van der Waals surface area contributed by atoms with Gasteiger partial charge in [0.1, 0.15) is 0 Å². The minimum Gasteiger partial charge on any atom is -0.378 e. The highest BCUT2D eigenvalue weighted by Crippen LogP contribution is 2.21. The molecule has 2 unspecified atom stereocenters. The third kappa shape index (κ3) is 4.91. The molecule has 0 radical (unpaired) electrons. The van der Waals surface area contributed by atoms with Crippen LogP contribution in [-0.4, -0.2) is 43.7 Å². The number of amides is 1. The van der Waals surface area contributed by atoms with Gasteiger partial charge in [-0.15, -0.1) is 0 Å². The van der Waals surface area contributed by atoms with Gasteiger partial charge >= 0.3 is 0 Å². The number of hydrogen-bond acceptors (Lipinski definition) is 3. The molecule has 2 aromatic rings. The minimum atomic E-state index is -0.0854. The summed E-state index contributed by atoms with van der Waals surface area (Å²) in [4.78, 5) is 14.5. The molecular formula is C21H26N2O2. The number of carbonyl (C=O) groups is 1. The Kier molecular flexibility index (Phi) is 5.84. The highest BCUT2D eigenvalue weighted by atomic mass is 16.5. The molecule has 1 N–H and O–H groups in total. The van der Waals surface area contributed by atoms with Crippen LogP contribution in [0.2, 0.25) is 0 Å². The summed E-state index contributed by atoms with van der Waals surface area (Å²) in [5.41, 5.74) is 2.72. The van der Waals surface area contributed by atoms with Crippen molar-refractivity contribution in [2.24, 2.45) is 0 Å². The van der Waals surface area contributed by atoms with E-state index in [1.807, 2.05) is 42.5 Å². The van der Waals surface area contributed by atoms with Gasteiger partial charge < -0.3 is 15.0 Å². The smallest absolute Gasteiger partial charge is 0.255 e. The molecule has 0 aromatic heterocycles. The molecule has 4 heteroatoms. The predicted molar refractivity (Wildman–Crippen MR) is 101 cm³/mol. The lowest BCUT2D eigenvalue weighted by molar-refractivity contribution is -0.0165. The largest absolute Gasteiger partial charge is 0.378 e. The molecule has 3 rings (SSSR count). The monoisotopic (exact) mass is 338 g/mol. The van der Waals surface area contributed by atoms with Crippen LogP contribution in [0.25, 0.3) is 0 Å². The number of anilines is 1. The average Bonchev–Trinajstić information content (AvgIpc) is 2.64. The molecule has 0 bridgehead atoms.